The van der Waals surface area contributed by atoms with Crippen molar-refractivity contribution in [1.82, 2.24) is 4.90 Å². The molecule has 0 saturated heterocycles. The second-order valence-corrected chi connectivity index (χ2v) is 8.60. The number of benzene rings is 2. The summed E-state index contributed by atoms with van der Waals surface area (Å²) in [5, 5.41) is 4.90. The molecule has 0 spiro atoms. The molecule has 0 aliphatic carbocycles. The first-order chi connectivity index (χ1) is 15.9. The van der Waals surface area contributed by atoms with Crippen molar-refractivity contribution < 1.29 is 28.2 Å². The van der Waals surface area contributed by atoms with Gasteiger partial charge in [-0.05, 0) is 50.2 Å². The zero-order valence-electron chi connectivity index (χ0n) is 18.4. The van der Waals surface area contributed by atoms with E-state index < -0.39 is 5.25 Å². The van der Waals surface area contributed by atoms with Crippen LogP contribution in [0.15, 0.2) is 42.5 Å². The van der Waals surface area contributed by atoms with Crippen LogP contribution in [0.4, 0.5) is 15.8 Å². The Morgan fingerprint density at radius 1 is 1.00 bits per heavy atom. The van der Waals surface area contributed by atoms with Crippen molar-refractivity contribution in [3.05, 3.63) is 48.3 Å². The molecule has 2 aromatic carbocycles. The lowest BCUT2D eigenvalue weighted by Crippen LogP contribution is -2.41. The fourth-order valence-corrected chi connectivity index (χ4v) is 3.87. The van der Waals surface area contributed by atoms with Crippen molar-refractivity contribution in [1.29, 1.82) is 0 Å². The maximum Gasteiger partial charge on any atom is 0.243 e. The number of likely N-dealkylation sites (N-methyl/N-ethyl adjacent to an activating group) is 1. The molecule has 2 aromatic rings. The maximum absolute atomic E-state index is 13.0. The summed E-state index contributed by atoms with van der Waals surface area (Å²) in [4.78, 5) is 38.8. The highest BCUT2D eigenvalue weighted by Crippen LogP contribution is 2.32. The van der Waals surface area contributed by atoms with Gasteiger partial charge in [0.15, 0.2) is 11.5 Å². The third-order valence-electron chi connectivity index (χ3n) is 4.79. The van der Waals surface area contributed by atoms with Crippen molar-refractivity contribution in [2.75, 3.05) is 42.7 Å². The fourth-order valence-electron chi connectivity index (χ4n) is 3.10. The van der Waals surface area contributed by atoms with Crippen molar-refractivity contribution in [2.24, 2.45) is 0 Å². The van der Waals surface area contributed by atoms with E-state index in [0.29, 0.717) is 42.6 Å². The predicted octanol–water partition coefficient (Wildman–Crippen LogP) is 3.14. The molecule has 176 valence electrons. The number of anilines is 2. The van der Waals surface area contributed by atoms with Gasteiger partial charge in [-0.15, -0.1) is 11.8 Å². The second kappa shape index (κ2) is 11.6. The van der Waals surface area contributed by atoms with E-state index in [2.05, 4.69) is 10.6 Å². The van der Waals surface area contributed by atoms with Gasteiger partial charge in [0, 0.05) is 24.0 Å². The van der Waals surface area contributed by atoms with Crippen molar-refractivity contribution in [2.45, 2.75) is 19.1 Å². The van der Waals surface area contributed by atoms with Gasteiger partial charge in [0.05, 0.1) is 17.5 Å². The molecule has 3 amide bonds. The van der Waals surface area contributed by atoms with Gasteiger partial charge in [-0.2, -0.15) is 0 Å². The van der Waals surface area contributed by atoms with Crippen molar-refractivity contribution in [3.63, 3.8) is 0 Å². The van der Waals surface area contributed by atoms with Gasteiger partial charge in [-0.25, -0.2) is 4.39 Å². The number of nitrogens with zero attached hydrogens (tertiary/aromatic N) is 1. The Morgan fingerprint density at radius 3 is 2.33 bits per heavy atom. The van der Waals surface area contributed by atoms with E-state index in [1.165, 1.54) is 40.9 Å². The molecule has 0 radical (unpaired) electrons. The van der Waals surface area contributed by atoms with Gasteiger partial charge in [0.2, 0.25) is 17.7 Å². The van der Waals surface area contributed by atoms with Crippen LogP contribution < -0.4 is 20.1 Å². The lowest BCUT2D eigenvalue weighted by molar-refractivity contribution is -0.133. The molecule has 1 heterocycles. The fraction of sp³-hybridized carbons (Fsp3) is 0.348. The first-order valence-electron chi connectivity index (χ1n) is 10.5. The van der Waals surface area contributed by atoms with Crippen LogP contribution in [0.5, 0.6) is 11.5 Å². The summed E-state index contributed by atoms with van der Waals surface area (Å²) in [7, 11) is 0. The Labute approximate surface area is 195 Å². The van der Waals surface area contributed by atoms with E-state index >= 15 is 0 Å². The molecule has 1 aliphatic rings. The number of carbonyl (C=O) groups is 3. The average molecular weight is 476 g/mol. The average Bonchev–Trinajstić information content (AvgIpc) is 2.82. The number of amides is 3. The van der Waals surface area contributed by atoms with Crippen LogP contribution in [0.1, 0.15) is 13.8 Å². The standard InChI is InChI=1S/C23H26FN3O5S/c1-3-27(13-21(28)26-18-8-9-19-20(12-18)32-11-10-31-19)23(30)15(2)33-14-22(29)25-17-6-4-16(24)5-7-17/h4-9,12,15H,3,10-11,13-14H2,1-2H3,(H,25,29)(H,26,28). The number of ether oxygens (including phenoxy) is 2. The van der Waals surface area contributed by atoms with E-state index in [4.69, 9.17) is 9.47 Å². The molecular formula is C23H26FN3O5S. The highest BCUT2D eigenvalue weighted by molar-refractivity contribution is 8.01. The van der Waals surface area contributed by atoms with Crippen LogP contribution in [0.2, 0.25) is 0 Å². The van der Waals surface area contributed by atoms with Gasteiger partial charge in [-0.1, -0.05) is 0 Å². The summed E-state index contributed by atoms with van der Waals surface area (Å²) in [6, 6.07) is 10.6. The van der Waals surface area contributed by atoms with E-state index in [-0.39, 0.29) is 35.8 Å². The van der Waals surface area contributed by atoms with E-state index in [1.807, 2.05) is 0 Å². The molecule has 0 fully saturated rings. The normalized spacial score (nSPS) is 13.1. The van der Waals surface area contributed by atoms with Gasteiger partial charge in [0.1, 0.15) is 19.0 Å². The molecule has 1 atom stereocenters. The van der Waals surface area contributed by atoms with Crippen LogP contribution in [-0.4, -0.2) is 59.9 Å². The summed E-state index contributed by atoms with van der Waals surface area (Å²) in [5.74, 6) is -0.0385. The van der Waals surface area contributed by atoms with Gasteiger partial charge < -0.3 is 25.0 Å². The molecule has 1 aliphatic heterocycles. The highest BCUT2D eigenvalue weighted by atomic mass is 32.2. The van der Waals surface area contributed by atoms with Gasteiger partial charge in [0.25, 0.3) is 0 Å². The van der Waals surface area contributed by atoms with Crippen molar-refractivity contribution in [3.8, 4) is 11.5 Å². The molecule has 3 rings (SSSR count). The van der Waals surface area contributed by atoms with Crippen LogP contribution in [0, 0.1) is 5.82 Å². The molecule has 8 nitrogen and oxygen atoms in total. The Morgan fingerprint density at radius 2 is 1.64 bits per heavy atom. The maximum atomic E-state index is 13.0. The first kappa shape index (κ1) is 24.4. The van der Waals surface area contributed by atoms with Crippen LogP contribution in [0.3, 0.4) is 0 Å². The Kier molecular flexibility index (Phi) is 8.53. The molecular weight excluding hydrogens is 449 g/mol. The van der Waals surface area contributed by atoms with Crippen molar-refractivity contribution >= 4 is 40.9 Å². The third-order valence-corrected chi connectivity index (χ3v) is 5.92. The van der Waals surface area contributed by atoms with Crippen LogP contribution in [-0.2, 0) is 14.4 Å². The summed E-state index contributed by atoms with van der Waals surface area (Å²) >= 11 is 1.17. The summed E-state index contributed by atoms with van der Waals surface area (Å²) in [6.45, 7) is 4.64. The largest absolute Gasteiger partial charge is 0.486 e. The minimum atomic E-state index is -0.522. The number of hydrogen-bond donors (Lipinski definition) is 2. The lowest BCUT2D eigenvalue weighted by atomic mass is 10.2. The monoisotopic (exact) mass is 475 g/mol. The minimum absolute atomic E-state index is 0.0469. The topological polar surface area (TPSA) is 97.0 Å². The third kappa shape index (κ3) is 7.11. The summed E-state index contributed by atoms with van der Waals surface area (Å²) < 4.78 is 23.9. The number of fused-ring (bicyclic) bond motifs is 1. The smallest absolute Gasteiger partial charge is 0.243 e. The molecule has 10 heteroatoms. The number of hydrogen-bond acceptors (Lipinski definition) is 6. The minimum Gasteiger partial charge on any atom is -0.486 e. The van der Waals surface area contributed by atoms with E-state index in [0.717, 1.165) is 0 Å². The molecule has 1 unspecified atom stereocenters. The molecule has 33 heavy (non-hydrogen) atoms. The number of carbonyl (C=O) groups excluding carboxylic acids is 3. The Balaban J connectivity index is 1.47. The SMILES string of the molecule is CCN(CC(=O)Nc1ccc2c(c1)OCCO2)C(=O)C(C)SCC(=O)Nc1ccc(F)cc1. The summed E-state index contributed by atoms with van der Waals surface area (Å²) in [5.41, 5.74) is 1.03. The Bertz CT molecular complexity index is 1000. The molecule has 0 bridgehead atoms. The number of rotatable bonds is 9. The number of thioether (sulfide) groups is 1. The predicted molar refractivity (Wildman–Crippen MR) is 125 cm³/mol. The highest BCUT2D eigenvalue weighted by Gasteiger charge is 2.23. The zero-order valence-corrected chi connectivity index (χ0v) is 19.2. The number of halogens is 1. The Hall–Kier alpha value is -3.27. The van der Waals surface area contributed by atoms with Gasteiger partial charge in [-0.3, -0.25) is 14.4 Å². The number of nitrogens with one attached hydrogen (secondary N) is 2. The first-order valence-corrected chi connectivity index (χ1v) is 11.6. The van der Waals surface area contributed by atoms with Gasteiger partial charge >= 0.3 is 0 Å². The second-order valence-electron chi connectivity index (χ2n) is 7.27. The lowest BCUT2D eigenvalue weighted by Gasteiger charge is -2.24. The van der Waals surface area contributed by atoms with Crippen LogP contribution in [0.25, 0.3) is 0 Å². The van der Waals surface area contributed by atoms with E-state index in [1.54, 1.807) is 32.0 Å². The zero-order chi connectivity index (χ0) is 23.8. The van der Waals surface area contributed by atoms with E-state index in [9.17, 15) is 18.8 Å². The van der Waals surface area contributed by atoms with Crippen LogP contribution >= 0.6 is 11.8 Å². The molecule has 0 saturated carbocycles. The molecule has 0 aromatic heterocycles. The summed E-state index contributed by atoms with van der Waals surface area (Å²) in [6.07, 6.45) is 0. The quantitative estimate of drug-likeness (QED) is 0.578. The molecule has 2 N–H and O–H groups in total.